The average Bonchev–Trinajstić information content (AvgIpc) is 2.30. The summed E-state index contributed by atoms with van der Waals surface area (Å²) in [5.74, 6) is -1.63. The molecule has 1 aromatic rings. The molecule has 0 fully saturated rings. The molecule has 0 bridgehead atoms. The van der Waals surface area contributed by atoms with E-state index < -0.39 is 39.4 Å². The molecule has 0 saturated carbocycles. The predicted molar refractivity (Wildman–Crippen MR) is 60.7 cm³/mol. The number of carbonyl (C=O) groups excluding carboxylic acids is 1. The van der Waals surface area contributed by atoms with Crippen molar-refractivity contribution in [3.05, 3.63) is 23.3 Å². The zero-order chi connectivity index (χ0) is 14.6. The number of aromatic hydroxyl groups is 1. The SMILES string of the molecule is CCOC(=O)c1ccc(O)c(SC(F)(F)F)c1C#N. The van der Waals surface area contributed by atoms with Crippen LogP contribution in [0.2, 0.25) is 0 Å². The van der Waals surface area contributed by atoms with Crippen LogP contribution in [-0.2, 0) is 4.74 Å². The summed E-state index contributed by atoms with van der Waals surface area (Å²) in [5.41, 5.74) is -5.55. The summed E-state index contributed by atoms with van der Waals surface area (Å²) in [6, 6.07) is 3.45. The van der Waals surface area contributed by atoms with Gasteiger partial charge in [0.05, 0.1) is 22.6 Å². The molecule has 4 nitrogen and oxygen atoms in total. The van der Waals surface area contributed by atoms with Crippen molar-refractivity contribution in [3.8, 4) is 11.8 Å². The Morgan fingerprint density at radius 2 is 2.16 bits per heavy atom. The van der Waals surface area contributed by atoms with Gasteiger partial charge in [0.25, 0.3) is 0 Å². The molecule has 0 atom stereocenters. The number of ether oxygens (including phenoxy) is 1. The summed E-state index contributed by atoms with van der Waals surface area (Å²) in [4.78, 5) is 10.8. The quantitative estimate of drug-likeness (QED) is 0.684. The van der Waals surface area contributed by atoms with Gasteiger partial charge in [-0.15, -0.1) is 0 Å². The van der Waals surface area contributed by atoms with E-state index in [2.05, 4.69) is 4.74 Å². The van der Waals surface area contributed by atoms with Crippen molar-refractivity contribution >= 4 is 17.7 Å². The van der Waals surface area contributed by atoms with Crippen LogP contribution < -0.4 is 0 Å². The number of thioether (sulfide) groups is 1. The van der Waals surface area contributed by atoms with Crippen molar-refractivity contribution in [3.63, 3.8) is 0 Å². The van der Waals surface area contributed by atoms with Gasteiger partial charge in [-0.2, -0.15) is 18.4 Å². The lowest BCUT2D eigenvalue weighted by molar-refractivity contribution is -0.0329. The third kappa shape index (κ3) is 3.79. The van der Waals surface area contributed by atoms with Gasteiger partial charge in [0.1, 0.15) is 11.8 Å². The highest BCUT2D eigenvalue weighted by Crippen LogP contribution is 2.43. The van der Waals surface area contributed by atoms with Gasteiger partial charge in [0.2, 0.25) is 0 Å². The third-order valence-corrected chi connectivity index (χ3v) is 2.81. The highest BCUT2D eigenvalue weighted by atomic mass is 32.2. The number of alkyl halides is 3. The molecule has 0 heterocycles. The Bertz CT molecular complexity index is 537. The van der Waals surface area contributed by atoms with Crippen LogP contribution in [-0.4, -0.2) is 23.2 Å². The summed E-state index contributed by atoms with van der Waals surface area (Å²) in [6.45, 7) is 1.54. The lowest BCUT2D eigenvalue weighted by Gasteiger charge is -2.11. The van der Waals surface area contributed by atoms with Crippen LogP contribution in [0.1, 0.15) is 22.8 Å². The Hall–Kier alpha value is -1.88. The molecule has 0 unspecified atom stereocenters. The highest BCUT2D eigenvalue weighted by Gasteiger charge is 2.33. The minimum Gasteiger partial charge on any atom is -0.507 e. The smallest absolute Gasteiger partial charge is 0.446 e. The molecule has 0 saturated heterocycles. The van der Waals surface area contributed by atoms with Crippen LogP contribution in [0.5, 0.6) is 5.75 Å². The predicted octanol–water partition coefficient (Wildman–Crippen LogP) is 3.05. The minimum atomic E-state index is -4.68. The monoisotopic (exact) mass is 291 g/mol. The molecule has 0 aliphatic carbocycles. The number of phenolic OH excluding ortho intramolecular Hbond substituents is 1. The maximum atomic E-state index is 12.3. The molecule has 1 aromatic carbocycles. The standard InChI is InChI=1S/C11H8F3NO3S/c1-2-18-10(17)6-3-4-8(16)9(7(6)5-15)19-11(12,13)14/h3-4,16H,2H2,1H3. The second-order valence-electron chi connectivity index (χ2n) is 3.22. The number of hydrogen-bond donors (Lipinski definition) is 1. The molecule has 0 aliphatic rings. The van der Waals surface area contributed by atoms with Crippen LogP contribution >= 0.6 is 11.8 Å². The molecule has 1 rings (SSSR count). The van der Waals surface area contributed by atoms with E-state index in [1.165, 1.54) is 13.0 Å². The number of esters is 1. The first kappa shape index (κ1) is 15.2. The average molecular weight is 291 g/mol. The lowest BCUT2D eigenvalue weighted by atomic mass is 10.1. The summed E-state index contributed by atoms with van der Waals surface area (Å²) < 4.78 is 41.7. The van der Waals surface area contributed by atoms with Gasteiger partial charge in [-0.3, -0.25) is 0 Å². The van der Waals surface area contributed by atoms with Crippen LogP contribution in [0.25, 0.3) is 0 Å². The molecule has 1 N–H and O–H groups in total. The largest absolute Gasteiger partial charge is 0.507 e. The van der Waals surface area contributed by atoms with Crippen molar-refractivity contribution in [2.75, 3.05) is 6.61 Å². The van der Waals surface area contributed by atoms with E-state index in [9.17, 15) is 23.1 Å². The van der Waals surface area contributed by atoms with Crippen molar-refractivity contribution in [2.45, 2.75) is 17.3 Å². The van der Waals surface area contributed by atoms with Crippen molar-refractivity contribution in [1.82, 2.24) is 0 Å². The Morgan fingerprint density at radius 1 is 1.53 bits per heavy atom. The van der Waals surface area contributed by atoms with Crippen molar-refractivity contribution < 1.29 is 27.8 Å². The number of rotatable bonds is 3. The molecule has 0 aliphatic heterocycles. The Morgan fingerprint density at radius 3 is 2.63 bits per heavy atom. The Labute approximate surface area is 110 Å². The van der Waals surface area contributed by atoms with Crippen LogP contribution in [0.15, 0.2) is 17.0 Å². The van der Waals surface area contributed by atoms with E-state index in [0.717, 1.165) is 12.1 Å². The summed E-state index contributed by atoms with van der Waals surface area (Å²) in [6.07, 6.45) is 0. The minimum absolute atomic E-state index is 0.0202. The van der Waals surface area contributed by atoms with Crippen molar-refractivity contribution in [2.24, 2.45) is 0 Å². The fraction of sp³-hybridized carbons (Fsp3) is 0.273. The molecule has 0 spiro atoms. The van der Waals surface area contributed by atoms with Gasteiger partial charge in [-0.25, -0.2) is 4.79 Å². The zero-order valence-electron chi connectivity index (χ0n) is 9.61. The third-order valence-electron chi connectivity index (χ3n) is 1.96. The fourth-order valence-corrected chi connectivity index (χ4v) is 1.94. The Kier molecular flexibility index (Phi) is 4.67. The normalized spacial score (nSPS) is 10.9. The van der Waals surface area contributed by atoms with E-state index in [1.54, 1.807) is 0 Å². The molecule has 0 radical (unpaired) electrons. The van der Waals surface area contributed by atoms with E-state index in [-0.39, 0.29) is 12.2 Å². The van der Waals surface area contributed by atoms with Gasteiger partial charge in [-0.05, 0) is 30.8 Å². The number of carbonyl (C=O) groups is 1. The molecule has 19 heavy (non-hydrogen) atoms. The number of nitrogens with zero attached hydrogens (tertiary/aromatic N) is 1. The lowest BCUT2D eigenvalue weighted by Crippen LogP contribution is -2.09. The van der Waals surface area contributed by atoms with E-state index in [4.69, 9.17) is 5.26 Å². The zero-order valence-corrected chi connectivity index (χ0v) is 10.4. The number of hydrogen-bond acceptors (Lipinski definition) is 5. The van der Waals surface area contributed by atoms with Gasteiger partial charge in [0, 0.05) is 0 Å². The van der Waals surface area contributed by atoms with Crippen LogP contribution in [0, 0.1) is 11.3 Å². The summed E-state index contributed by atoms with van der Waals surface area (Å²) in [5, 5.41) is 18.3. The maximum absolute atomic E-state index is 12.3. The Balaban J connectivity index is 3.34. The number of nitriles is 1. The van der Waals surface area contributed by atoms with E-state index in [1.807, 2.05) is 0 Å². The van der Waals surface area contributed by atoms with Crippen molar-refractivity contribution in [1.29, 1.82) is 5.26 Å². The van der Waals surface area contributed by atoms with Gasteiger partial charge < -0.3 is 9.84 Å². The second kappa shape index (κ2) is 5.84. The molecule has 0 aromatic heterocycles. The molecule has 8 heteroatoms. The number of benzene rings is 1. The number of phenols is 1. The van der Waals surface area contributed by atoms with Crippen LogP contribution in [0.4, 0.5) is 13.2 Å². The topological polar surface area (TPSA) is 70.3 Å². The maximum Gasteiger partial charge on any atom is 0.446 e. The number of halogens is 3. The van der Waals surface area contributed by atoms with E-state index in [0.29, 0.717) is 0 Å². The summed E-state index contributed by atoms with van der Waals surface area (Å²) in [7, 11) is 0. The first-order valence-corrected chi connectivity index (χ1v) is 5.80. The summed E-state index contributed by atoms with van der Waals surface area (Å²) >= 11 is -0.652. The molecule has 102 valence electrons. The second-order valence-corrected chi connectivity index (χ2v) is 4.29. The first-order chi connectivity index (χ1) is 8.80. The van der Waals surface area contributed by atoms with Gasteiger partial charge >= 0.3 is 11.5 Å². The first-order valence-electron chi connectivity index (χ1n) is 4.99. The molecular formula is C11H8F3NO3S. The van der Waals surface area contributed by atoms with E-state index >= 15 is 0 Å². The van der Waals surface area contributed by atoms with Crippen LogP contribution in [0.3, 0.4) is 0 Å². The molecule has 0 amide bonds. The van der Waals surface area contributed by atoms with Gasteiger partial charge in [0.15, 0.2) is 0 Å². The van der Waals surface area contributed by atoms with Gasteiger partial charge in [-0.1, -0.05) is 0 Å². The molecular weight excluding hydrogens is 283 g/mol. The highest BCUT2D eigenvalue weighted by molar-refractivity contribution is 8.00. The fourth-order valence-electron chi connectivity index (χ4n) is 1.28.